The number of benzene rings is 7. The van der Waals surface area contributed by atoms with Crippen molar-refractivity contribution in [2.75, 3.05) is 0 Å². The van der Waals surface area contributed by atoms with E-state index in [1.807, 2.05) is 97.1 Å². The van der Waals surface area contributed by atoms with Crippen LogP contribution >= 0.6 is 0 Å². The van der Waals surface area contributed by atoms with E-state index in [1.165, 1.54) is 4.57 Å². The molecule has 0 unspecified atom stereocenters. The highest BCUT2D eigenvalue weighted by molar-refractivity contribution is 6.17. The lowest BCUT2D eigenvalue weighted by molar-refractivity contribution is 0.669. The molecule has 50 heavy (non-hydrogen) atoms. The SMILES string of the molecule is [2H]c1c([2H])c([2H])c2c(oc3c([2H])c4c(c([2H])c32)c2c([2H])c([2H])c([2H])c([2H])c2n4-c2cccc(-c3cccc(-c4nc(-c5ccccc5)nc(-c5ccccc5)n4)c3)c2)c1[2H]. The molecule has 5 nitrogen and oxygen atoms in total. The third kappa shape index (κ3) is 4.67. The largest absolute Gasteiger partial charge is 0.456 e. The molecule has 5 heteroatoms. The summed E-state index contributed by atoms with van der Waals surface area (Å²) in [6.45, 7) is 0. The van der Waals surface area contributed by atoms with Crippen molar-refractivity contribution in [3.05, 3.63) is 170 Å². The molecule has 0 radical (unpaired) electrons. The van der Waals surface area contributed by atoms with Crippen molar-refractivity contribution < 1.29 is 18.1 Å². The molecule has 0 aliphatic carbocycles. The summed E-state index contributed by atoms with van der Waals surface area (Å²) in [6, 6.07) is 29.9. The summed E-state index contributed by atoms with van der Waals surface area (Å²) < 4.78 is 95.7. The van der Waals surface area contributed by atoms with Crippen LogP contribution in [0.4, 0.5) is 0 Å². The maximum absolute atomic E-state index is 9.53. The van der Waals surface area contributed by atoms with Gasteiger partial charge in [0.25, 0.3) is 0 Å². The highest BCUT2D eigenvalue weighted by Gasteiger charge is 2.17. The maximum atomic E-state index is 9.53. The van der Waals surface area contributed by atoms with E-state index in [1.54, 1.807) is 12.1 Å². The molecule has 10 aromatic rings. The molecule has 0 spiro atoms. The first-order valence-electron chi connectivity index (χ1n) is 20.9. The molecule has 0 aliphatic heterocycles. The second-order valence-corrected chi connectivity index (χ2v) is 11.7. The molecule has 3 heterocycles. The van der Waals surface area contributed by atoms with Crippen molar-refractivity contribution in [1.29, 1.82) is 0 Å². The van der Waals surface area contributed by atoms with Crippen molar-refractivity contribution in [1.82, 2.24) is 19.5 Å². The molecule has 10 rings (SSSR count). The molecule has 0 aliphatic rings. The lowest BCUT2D eigenvalue weighted by Gasteiger charge is -2.12. The highest BCUT2D eigenvalue weighted by atomic mass is 16.3. The fourth-order valence-corrected chi connectivity index (χ4v) is 6.35. The summed E-state index contributed by atoms with van der Waals surface area (Å²) in [5, 5.41) is -0.103. The zero-order valence-electron chi connectivity index (χ0n) is 36.1. The molecule has 0 bridgehead atoms. The van der Waals surface area contributed by atoms with E-state index in [0.717, 1.165) is 27.8 Å². The quantitative estimate of drug-likeness (QED) is 0.186. The minimum absolute atomic E-state index is 0.00253. The molecule has 0 atom stereocenters. The van der Waals surface area contributed by atoms with Gasteiger partial charge in [0.05, 0.1) is 24.7 Å². The number of furan rings is 1. The predicted octanol–water partition coefficient (Wildman–Crippen LogP) is 11.5. The molecular formula is C45H28N4O. The Hall–Kier alpha value is -6.85. The van der Waals surface area contributed by atoms with Gasteiger partial charge in [-0.05, 0) is 47.5 Å². The van der Waals surface area contributed by atoms with Crippen LogP contribution in [-0.2, 0) is 0 Å². The monoisotopic (exact) mass is 650 g/mol. The number of nitrogens with zero attached hydrogens (tertiary/aromatic N) is 4. The minimum Gasteiger partial charge on any atom is -0.456 e. The molecule has 0 fully saturated rings. The summed E-state index contributed by atoms with van der Waals surface area (Å²) in [4.78, 5) is 14.6. The Bertz CT molecular complexity index is 3390. The van der Waals surface area contributed by atoms with E-state index in [2.05, 4.69) is 0 Å². The van der Waals surface area contributed by atoms with Gasteiger partial charge in [-0.2, -0.15) is 0 Å². The third-order valence-electron chi connectivity index (χ3n) is 8.68. The predicted molar refractivity (Wildman–Crippen MR) is 203 cm³/mol. The summed E-state index contributed by atoms with van der Waals surface area (Å²) in [5.41, 5.74) is 4.01. The lowest BCUT2D eigenvalue weighted by atomic mass is 10.0. The van der Waals surface area contributed by atoms with Gasteiger partial charge in [0.1, 0.15) is 11.2 Å². The Morgan fingerprint density at radius 2 is 1.02 bits per heavy atom. The smallest absolute Gasteiger partial charge is 0.164 e. The molecule has 234 valence electrons. The topological polar surface area (TPSA) is 56.7 Å². The third-order valence-corrected chi connectivity index (χ3v) is 8.68. The van der Waals surface area contributed by atoms with Gasteiger partial charge in [-0.15, -0.1) is 0 Å². The van der Waals surface area contributed by atoms with E-state index in [0.29, 0.717) is 23.2 Å². The Balaban J connectivity index is 1.21. The summed E-state index contributed by atoms with van der Waals surface area (Å²) >= 11 is 0. The first-order valence-corrected chi connectivity index (χ1v) is 15.9. The number of hydrogen-bond donors (Lipinski definition) is 0. The average molecular weight is 651 g/mol. The van der Waals surface area contributed by atoms with Crippen molar-refractivity contribution >= 4 is 43.7 Å². The number of aromatic nitrogens is 4. The summed E-state index contributed by atoms with van der Waals surface area (Å²) in [5.74, 6) is 1.48. The zero-order valence-corrected chi connectivity index (χ0v) is 26.1. The minimum atomic E-state index is -0.532. The normalized spacial score (nSPS) is 14.4. The van der Waals surface area contributed by atoms with Crippen molar-refractivity contribution in [2.45, 2.75) is 0 Å². The lowest BCUT2D eigenvalue weighted by Crippen LogP contribution is -2.00. The van der Waals surface area contributed by atoms with Gasteiger partial charge >= 0.3 is 0 Å². The van der Waals surface area contributed by atoms with Crippen LogP contribution in [0.5, 0.6) is 0 Å². The number of fused-ring (bicyclic) bond motifs is 6. The summed E-state index contributed by atoms with van der Waals surface area (Å²) in [6.07, 6.45) is 0. The van der Waals surface area contributed by atoms with Gasteiger partial charge in [-0.1, -0.05) is 127 Å². The van der Waals surface area contributed by atoms with Crippen LogP contribution in [-0.4, -0.2) is 19.5 Å². The van der Waals surface area contributed by atoms with Gasteiger partial charge < -0.3 is 8.98 Å². The number of rotatable bonds is 5. The highest BCUT2D eigenvalue weighted by Crippen LogP contribution is 2.39. The number of hydrogen-bond acceptors (Lipinski definition) is 4. The van der Waals surface area contributed by atoms with Crippen LogP contribution in [0.15, 0.2) is 174 Å². The molecule has 0 amide bonds. The first kappa shape index (κ1) is 19.8. The van der Waals surface area contributed by atoms with Crippen LogP contribution in [0.1, 0.15) is 13.7 Å². The van der Waals surface area contributed by atoms with Crippen LogP contribution in [0, 0.1) is 0 Å². The fourth-order valence-electron chi connectivity index (χ4n) is 6.35. The first-order chi connectivity index (χ1) is 28.9. The Labute approximate surface area is 301 Å². The zero-order chi connectivity index (χ0) is 41.7. The molecule has 0 saturated heterocycles. The Kier molecular flexibility index (Phi) is 4.52. The van der Waals surface area contributed by atoms with E-state index >= 15 is 0 Å². The van der Waals surface area contributed by atoms with Crippen molar-refractivity contribution in [3.8, 4) is 51.0 Å². The standard InChI is InChI=1S/C45H28N4O/c1-3-13-29(14-4-1)43-46-44(30-15-5-2-6-16-30)48-45(47-43)33-19-11-17-31(25-33)32-18-12-20-34(26-32)49-39-23-9-7-21-35(39)37-27-38-36-22-8-10-24-41(36)50-42(38)28-40(37)49/h1-28H/i7D,8D,9D,10D,21D,22D,23D,24D,27D,28D. The Morgan fingerprint density at radius 1 is 0.440 bits per heavy atom. The van der Waals surface area contributed by atoms with E-state index in [4.69, 9.17) is 30.3 Å². The van der Waals surface area contributed by atoms with Crippen LogP contribution in [0.2, 0.25) is 0 Å². The summed E-state index contributed by atoms with van der Waals surface area (Å²) in [7, 11) is 0. The van der Waals surface area contributed by atoms with E-state index in [9.17, 15) is 2.74 Å². The molecule has 7 aromatic carbocycles. The van der Waals surface area contributed by atoms with Crippen LogP contribution in [0.25, 0.3) is 94.7 Å². The molecule has 0 N–H and O–H groups in total. The van der Waals surface area contributed by atoms with Crippen molar-refractivity contribution in [3.63, 3.8) is 0 Å². The average Bonchev–Trinajstić information content (AvgIpc) is 3.88. The molecule has 0 saturated carbocycles. The van der Waals surface area contributed by atoms with Gasteiger partial charge in [0.2, 0.25) is 0 Å². The van der Waals surface area contributed by atoms with Gasteiger partial charge in [-0.3, -0.25) is 0 Å². The second kappa shape index (κ2) is 11.4. The van der Waals surface area contributed by atoms with Crippen LogP contribution in [0.3, 0.4) is 0 Å². The Morgan fingerprint density at radius 3 is 1.76 bits per heavy atom. The maximum Gasteiger partial charge on any atom is 0.164 e. The van der Waals surface area contributed by atoms with E-state index in [-0.39, 0.29) is 61.9 Å². The van der Waals surface area contributed by atoms with Gasteiger partial charge in [0.15, 0.2) is 17.5 Å². The van der Waals surface area contributed by atoms with Gasteiger partial charge in [0, 0.05) is 50.0 Å². The molecular weight excluding hydrogens is 613 g/mol. The second-order valence-electron chi connectivity index (χ2n) is 11.7. The fraction of sp³-hybridized carbons (Fsp3) is 0. The molecule has 3 aromatic heterocycles. The van der Waals surface area contributed by atoms with Gasteiger partial charge in [-0.25, -0.2) is 15.0 Å². The van der Waals surface area contributed by atoms with E-state index < -0.39 is 42.3 Å². The van der Waals surface area contributed by atoms with Crippen LogP contribution < -0.4 is 0 Å². The van der Waals surface area contributed by atoms with Crippen molar-refractivity contribution in [2.24, 2.45) is 0 Å². The number of para-hydroxylation sites is 2.